The summed E-state index contributed by atoms with van der Waals surface area (Å²) in [4.78, 5) is 0. The average Bonchev–Trinajstić information content (AvgIpc) is 2.83. The fourth-order valence-electron chi connectivity index (χ4n) is 2.46. The summed E-state index contributed by atoms with van der Waals surface area (Å²) in [5.41, 5.74) is 0. The van der Waals surface area contributed by atoms with E-state index < -0.39 is 6.10 Å². The Kier molecular flexibility index (Phi) is 5.01. The van der Waals surface area contributed by atoms with Crippen LogP contribution >= 0.6 is 15.9 Å². The van der Waals surface area contributed by atoms with Crippen molar-refractivity contribution in [1.82, 2.24) is 0 Å². The monoisotopic (exact) mass is 316 g/mol. The fourth-order valence-corrected chi connectivity index (χ4v) is 2.82. The van der Waals surface area contributed by atoms with Crippen molar-refractivity contribution in [3.8, 4) is 5.75 Å². The van der Waals surface area contributed by atoms with Crippen molar-refractivity contribution in [3.05, 3.63) is 28.5 Å². The molecule has 1 aliphatic carbocycles. The van der Waals surface area contributed by atoms with Crippen LogP contribution in [0.25, 0.3) is 0 Å². The van der Waals surface area contributed by atoms with Crippen LogP contribution < -0.4 is 4.74 Å². The largest absolute Gasteiger partial charge is 0.491 e. The van der Waals surface area contributed by atoms with Crippen molar-refractivity contribution in [2.24, 2.45) is 5.92 Å². The predicted molar refractivity (Wildman–Crippen MR) is 72.2 cm³/mol. The molecule has 2 rings (SSSR count). The second-order valence-corrected chi connectivity index (χ2v) is 5.78. The smallest absolute Gasteiger partial charge is 0.137 e. The third-order valence-corrected chi connectivity index (χ3v) is 4.02. The molecule has 1 unspecified atom stereocenters. The van der Waals surface area contributed by atoms with Gasteiger partial charge in [-0.25, -0.2) is 4.39 Å². The lowest BCUT2D eigenvalue weighted by Crippen LogP contribution is -2.20. The van der Waals surface area contributed by atoms with Crippen LogP contribution in [0.4, 0.5) is 4.39 Å². The summed E-state index contributed by atoms with van der Waals surface area (Å²) in [6.07, 6.45) is 5.38. The molecule has 0 amide bonds. The molecule has 2 nitrogen and oxygen atoms in total. The van der Waals surface area contributed by atoms with E-state index in [1.54, 1.807) is 12.1 Å². The summed E-state index contributed by atoms with van der Waals surface area (Å²) in [5.74, 6) is 0.908. The Morgan fingerprint density at radius 1 is 1.39 bits per heavy atom. The van der Waals surface area contributed by atoms with Crippen molar-refractivity contribution in [1.29, 1.82) is 0 Å². The average molecular weight is 317 g/mol. The normalized spacial score (nSPS) is 17.9. The lowest BCUT2D eigenvalue weighted by atomic mass is 10.0. The number of aliphatic hydroxyl groups is 1. The van der Waals surface area contributed by atoms with Gasteiger partial charge in [-0.15, -0.1) is 0 Å². The van der Waals surface area contributed by atoms with Crippen molar-refractivity contribution in [2.45, 2.75) is 38.2 Å². The molecule has 4 heteroatoms. The van der Waals surface area contributed by atoms with Crippen LogP contribution in [0.2, 0.25) is 0 Å². The molecule has 0 spiro atoms. The summed E-state index contributed by atoms with van der Waals surface area (Å²) in [5, 5.41) is 9.88. The van der Waals surface area contributed by atoms with E-state index in [4.69, 9.17) is 4.74 Å². The maximum atomic E-state index is 13.0. The minimum atomic E-state index is -0.433. The summed E-state index contributed by atoms with van der Waals surface area (Å²) in [6, 6.07) is 4.50. The van der Waals surface area contributed by atoms with E-state index in [1.165, 1.54) is 31.7 Å². The maximum Gasteiger partial charge on any atom is 0.137 e. The number of rotatable bonds is 5. The van der Waals surface area contributed by atoms with Gasteiger partial charge in [-0.05, 0) is 46.5 Å². The highest BCUT2D eigenvalue weighted by molar-refractivity contribution is 9.10. The SMILES string of the molecule is OC(COc1ccc(F)c(Br)c1)CC1CCCC1. The summed E-state index contributed by atoms with van der Waals surface area (Å²) in [7, 11) is 0. The van der Waals surface area contributed by atoms with Gasteiger partial charge >= 0.3 is 0 Å². The predicted octanol–water partition coefficient (Wildman–Crippen LogP) is 3.91. The molecule has 1 atom stereocenters. The third kappa shape index (κ3) is 3.95. The Hall–Kier alpha value is -0.610. The molecule has 0 bridgehead atoms. The summed E-state index contributed by atoms with van der Waals surface area (Å²) < 4.78 is 18.9. The van der Waals surface area contributed by atoms with Crippen LogP contribution in [0.3, 0.4) is 0 Å². The van der Waals surface area contributed by atoms with E-state index in [0.29, 0.717) is 16.1 Å². The topological polar surface area (TPSA) is 29.5 Å². The van der Waals surface area contributed by atoms with Crippen molar-refractivity contribution in [2.75, 3.05) is 6.61 Å². The van der Waals surface area contributed by atoms with Gasteiger partial charge in [0, 0.05) is 0 Å². The molecule has 0 aromatic heterocycles. The molecule has 0 radical (unpaired) electrons. The van der Waals surface area contributed by atoms with Crippen molar-refractivity contribution >= 4 is 15.9 Å². The molecule has 0 heterocycles. The first kappa shape index (κ1) is 13.8. The Balaban J connectivity index is 1.77. The molecule has 1 fully saturated rings. The second kappa shape index (κ2) is 6.53. The van der Waals surface area contributed by atoms with Gasteiger partial charge in [0.25, 0.3) is 0 Å². The highest BCUT2D eigenvalue weighted by Crippen LogP contribution is 2.29. The van der Waals surface area contributed by atoms with E-state index >= 15 is 0 Å². The Bertz CT molecular complexity index is 391. The van der Waals surface area contributed by atoms with Crippen LogP contribution in [-0.4, -0.2) is 17.8 Å². The van der Waals surface area contributed by atoms with Crippen LogP contribution in [-0.2, 0) is 0 Å². The number of aliphatic hydroxyl groups excluding tert-OH is 1. The molecule has 1 aliphatic rings. The van der Waals surface area contributed by atoms with Crippen molar-refractivity contribution in [3.63, 3.8) is 0 Å². The molecule has 1 N–H and O–H groups in total. The van der Waals surface area contributed by atoms with E-state index in [0.717, 1.165) is 6.42 Å². The number of halogens is 2. The zero-order valence-electron chi connectivity index (χ0n) is 10.2. The van der Waals surface area contributed by atoms with E-state index in [1.807, 2.05) is 0 Å². The van der Waals surface area contributed by atoms with Gasteiger partial charge in [0.15, 0.2) is 0 Å². The number of hydrogen-bond donors (Lipinski definition) is 1. The second-order valence-electron chi connectivity index (χ2n) is 4.93. The lowest BCUT2D eigenvalue weighted by Gasteiger charge is -2.16. The maximum absolute atomic E-state index is 13.0. The molecule has 1 aromatic rings. The minimum absolute atomic E-state index is 0.272. The van der Waals surface area contributed by atoms with Gasteiger partial charge in [-0.2, -0.15) is 0 Å². The first-order valence-corrected chi connectivity index (χ1v) is 7.20. The molecule has 0 saturated heterocycles. The molecular weight excluding hydrogens is 299 g/mol. The first-order chi connectivity index (χ1) is 8.65. The number of benzene rings is 1. The lowest BCUT2D eigenvalue weighted by molar-refractivity contribution is 0.0855. The molecule has 1 aromatic carbocycles. The van der Waals surface area contributed by atoms with Gasteiger partial charge in [0.2, 0.25) is 0 Å². The number of ether oxygens (including phenoxy) is 1. The minimum Gasteiger partial charge on any atom is -0.491 e. The van der Waals surface area contributed by atoms with Crippen LogP contribution in [0.5, 0.6) is 5.75 Å². The van der Waals surface area contributed by atoms with E-state index in [-0.39, 0.29) is 12.4 Å². The van der Waals surface area contributed by atoms with Crippen LogP contribution in [0, 0.1) is 11.7 Å². The summed E-state index contributed by atoms with van der Waals surface area (Å²) in [6.45, 7) is 0.272. The summed E-state index contributed by atoms with van der Waals surface area (Å²) >= 11 is 3.11. The molecule has 0 aliphatic heterocycles. The standard InChI is InChI=1S/C14H18BrFO2/c15-13-8-12(5-6-14(13)16)18-9-11(17)7-10-3-1-2-4-10/h5-6,8,10-11,17H,1-4,7,9H2. The van der Waals surface area contributed by atoms with Gasteiger partial charge in [-0.3, -0.25) is 0 Å². The van der Waals surface area contributed by atoms with Crippen molar-refractivity contribution < 1.29 is 14.2 Å². The van der Waals surface area contributed by atoms with Gasteiger partial charge in [0.1, 0.15) is 18.2 Å². The quantitative estimate of drug-likeness (QED) is 0.892. The molecule has 18 heavy (non-hydrogen) atoms. The fraction of sp³-hybridized carbons (Fsp3) is 0.571. The highest BCUT2D eigenvalue weighted by Gasteiger charge is 2.19. The van der Waals surface area contributed by atoms with E-state index in [2.05, 4.69) is 15.9 Å². The molecule has 1 saturated carbocycles. The Morgan fingerprint density at radius 3 is 2.78 bits per heavy atom. The molecular formula is C14H18BrFO2. The van der Waals surface area contributed by atoms with Gasteiger partial charge in [-0.1, -0.05) is 25.7 Å². The third-order valence-electron chi connectivity index (χ3n) is 3.41. The Morgan fingerprint density at radius 2 is 2.11 bits per heavy atom. The van der Waals surface area contributed by atoms with Gasteiger partial charge < -0.3 is 9.84 Å². The van der Waals surface area contributed by atoms with E-state index in [9.17, 15) is 9.50 Å². The first-order valence-electron chi connectivity index (χ1n) is 6.41. The zero-order chi connectivity index (χ0) is 13.0. The molecule has 100 valence electrons. The highest BCUT2D eigenvalue weighted by atomic mass is 79.9. The zero-order valence-corrected chi connectivity index (χ0v) is 11.8. The Labute approximate surface area is 115 Å². The van der Waals surface area contributed by atoms with Crippen LogP contribution in [0.1, 0.15) is 32.1 Å². The number of hydrogen-bond acceptors (Lipinski definition) is 2. The van der Waals surface area contributed by atoms with Crippen LogP contribution in [0.15, 0.2) is 22.7 Å². The van der Waals surface area contributed by atoms with Gasteiger partial charge in [0.05, 0.1) is 10.6 Å².